The summed E-state index contributed by atoms with van der Waals surface area (Å²) >= 11 is 0. The number of piperazine rings is 1. The Morgan fingerprint density at radius 3 is 2.32 bits per heavy atom. The van der Waals surface area contributed by atoms with E-state index in [1.807, 2.05) is 6.92 Å². The molecule has 22 heavy (non-hydrogen) atoms. The van der Waals surface area contributed by atoms with Gasteiger partial charge in [-0.3, -0.25) is 14.6 Å². The van der Waals surface area contributed by atoms with Crippen molar-refractivity contribution in [1.29, 1.82) is 0 Å². The minimum absolute atomic E-state index is 0.0300. The third kappa shape index (κ3) is 5.11. The van der Waals surface area contributed by atoms with Gasteiger partial charge in [-0.25, -0.2) is 0 Å². The van der Waals surface area contributed by atoms with Gasteiger partial charge in [0.15, 0.2) is 0 Å². The Morgan fingerprint density at radius 1 is 1.09 bits per heavy atom. The van der Waals surface area contributed by atoms with Crippen LogP contribution in [0.25, 0.3) is 0 Å². The van der Waals surface area contributed by atoms with Crippen molar-refractivity contribution >= 4 is 5.91 Å². The van der Waals surface area contributed by atoms with E-state index in [-0.39, 0.29) is 11.9 Å². The van der Waals surface area contributed by atoms with Crippen molar-refractivity contribution in [3.8, 4) is 0 Å². The second kappa shape index (κ2) is 8.30. The molecule has 1 aliphatic heterocycles. The Hall–Kier alpha value is -1.39. The predicted molar refractivity (Wildman–Crippen MR) is 90.6 cm³/mol. The highest BCUT2D eigenvalue weighted by Crippen LogP contribution is 2.10. The fraction of sp³-hybridized carbons (Fsp3) is 0.611. The van der Waals surface area contributed by atoms with Gasteiger partial charge in [0, 0.05) is 39.3 Å². The molecule has 4 nitrogen and oxygen atoms in total. The number of amides is 1. The number of nitrogens with one attached hydrogen (secondary N) is 1. The Morgan fingerprint density at radius 2 is 1.73 bits per heavy atom. The van der Waals surface area contributed by atoms with Crippen LogP contribution in [0, 0.1) is 5.92 Å². The summed E-state index contributed by atoms with van der Waals surface area (Å²) in [4.78, 5) is 16.9. The van der Waals surface area contributed by atoms with Crippen LogP contribution in [0.5, 0.6) is 0 Å². The monoisotopic (exact) mass is 303 g/mol. The van der Waals surface area contributed by atoms with Crippen molar-refractivity contribution < 1.29 is 4.79 Å². The minimum atomic E-state index is -0.0300. The van der Waals surface area contributed by atoms with Crippen LogP contribution in [-0.2, 0) is 11.3 Å². The molecule has 0 aliphatic carbocycles. The fourth-order valence-corrected chi connectivity index (χ4v) is 2.77. The maximum Gasteiger partial charge on any atom is 0.237 e. The Bertz CT molecular complexity index is 453. The van der Waals surface area contributed by atoms with Crippen LogP contribution in [0.1, 0.15) is 26.3 Å². The van der Waals surface area contributed by atoms with Gasteiger partial charge in [0.2, 0.25) is 5.91 Å². The predicted octanol–water partition coefficient (Wildman–Crippen LogP) is 1.96. The van der Waals surface area contributed by atoms with Gasteiger partial charge < -0.3 is 5.32 Å². The molecule has 1 atom stereocenters. The van der Waals surface area contributed by atoms with Crippen LogP contribution < -0.4 is 5.32 Å². The molecule has 4 heteroatoms. The molecule has 0 spiro atoms. The third-order valence-electron chi connectivity index (χ3n) is 4.27. The smallest absolute Gasteiger partial charge is 0.237 e. The van der Waals surface area contributed by atoms with E-state index in [1.165, 1.54) is 5.56 Å². The van der Waals surface area contributed by atoms with E-state index in [9.17, 15) is 4.79 Å². The van der Waals surface area contributed by atoms with E-state index >= 15 is 0 Å². The molecule has 1 aromatic rings. The molecule has 0 aromatic heterocycles. The first-order chi connectivity index (χ1) is 10.6. The Balaban J connectivity index is 1.75. The normalized spacial score (nSPS) is 18.4. The number of hydrogen-bond donors (Lipinski definition) is 1. The first-order valence-corrected chi connectivity index (χ1v) is 8.34. The highest BCUT2D eigenvalue weighted by Gasteiger charge is 2.25. The zero-order chi connectivity index (χ0) is 15.9. The van der Waals surface area contributed by atoms with Crippen LogP contribution in [0.4, 0.5) is 0 Å². The molecule has 122 valence electrons. The lowest BCUT2D eigenvalue weighted by Crippen LogP contribution is -2.53. The number of rotatable bonds is 6. The minimum Gasteiger partial charge on any atom is -0.354 e. The summed E-state index contributed by atoms with van der Waals surface area (Å²) in [5.74, 6) is 0.657. The number of hydrogen-bond acceptors (Lipinski definition) is 3. The van der Waals surface area contributed by atoms with Crippen LogP contribution in [-0.4, -0.2) is 54.5 Å². The number of nitrogens with zero attached hydrogens (tertiary/aromatic N) is 2. The van der Waals surface area contributed by atoms with Crippen molar-refractivity contribution in [2.24, 2.45) is 5.92 Å². The lowest BCUT2D eigenvalue weighted by Gasteiger charge is -2.37. The summed E-state index contributed by atoms with van der Waals surface area (Å²) in [6.07, 6.45) is 0. The highest BCUT2D eigenvalue weighted by atomic mass is 16.2. The molecule has 0 saturated carbocycles. The molecule has 1 N–H and O–H groups in total. The molecule has 1 fully saturated rings. The third-order valence-corrected chi connectivity index (χ3v) is 4.27. The molecular weight excluding hydrogens is 274 g/mol. The van der Waals surface area contributed by atoms with Crippen molar-refractivity contribution in [2.45, 2.75) is 33.4 Å². The Labute approximate surface area is 134 Å². The summed E-state index contributed by atoms with van der Waals surface area (Å²) in [5, 5.41) is 3.04. The highest BCUT2D eigenvalue weighted by molar-refractivity contribution is 5.81. The first kappa shape index (κ1) is 17.0. The number of carbonyl (C=O) groups is 1. The molecule has 0 radical (unpaired) electrons. The largest absolute Gasteiger partial charge is 0.354 e. The van der Waals surface area contributed by atoms with Gasteiger partial charge in [0.25, 0.3) is 0 Å². The van der Waals surface area contributed by atoms with Crippen molar-refractivity contribution in [1.82, 2.24) is 15.1 Å². The van der Waals surface area contributed by atoms with Crippen LogP contribution in [0.15, 0.2) is 30.3 Å². The summed E-state index contributed by atoms with van der Waals surface area (Å²) < 4.78 is 0. The number of benzene rings is 1. The van der Waals surface area contributed by atoms with E-state index in [4.69, 9.17) is 0 Å². The maximum atomic E-state index is 12.2. The van der Waals surface area contributed by atoms with Crippen molar-refractivity contribution in [3.05, 3.63) is 35.9 Å². The summed E-state index contributed by atoms with van der Waals surface area (Å²) in [7, 11) is 0. The summed E-state index contributed by atoms with van der Waals surface area (Å²) in [6, 6.07) is 10.6. The molecule has 1 aliphatic rings. The molecule has 2 rings (SSSR count). The molecule has 1 saturated heterocycles. The fourth-order valence-electron chi connectivity index (χ4n) is 2.77. The van der Waals surface area contributed by atoms with Gasteiger partial charge in [-0.15, -0.1) is 0 Å². The van der Waals surface area contributed by atoms with Crippen LogP contribution >= 0.6 is 0 Å². The Kier molecular flexibility index (Phi) is 6.40. The quantitative estimate of drug-likeness (QED) is 0.873. The average Bonchev–Trinajstić information content (AvgIpc) is 2.53. The topological polar surface area (TPSA) is 35.6 Å². The van der Waals surface area contributed by atoms with Gasteiger partial charge in [0.05, 0.1) is 6.04 Å². The lowest BCUT2D eigenvalue weighted by molar-refractivity contribution is -0.126. The van der Waals surface area contributed by atoms with Crippen molar-refractivity contribution in [3.63, 3.8) is 0 Å². The average molecular weight is 303 g/mol. The van der Waals surface area contributed by atoms with E-state index in [1.54, 1.807) is 0 Å². The van der Waals surface area contributed by atoms with Gasteiger partial charge in [-0.2, -0.15) is 0 Å². The molecular formula is C18H29N3O. The van der Waals surface area contributed by atoms with E-state index in [2.05, 4.69) is 59.3 Å². The first-order valence-electron chi connectivity index (χ1n) is 8.34. The SMILES string of the molecule is CC(C)CNC(=O)[C@H](C)N1CCN(Cc2ccccc2)CC1. The lowest BCUT2D eigenvalue weighted by atomic mass is 10.1. The van der Waals surface area contributed by atoms with Crippen LogP contribution in [0.3, 0.4) is 0 Å². The molecule has 1 heterocycles. The zero-order valence-corrected chi connectivity index (χ0v) is 14.1. The summed E-state index contributed by atoms with van der Waals surface area (Å²) in [6.45, 7) is 12.0. The van der Waals surface area contributed by atoms with Gasteiger partial charge in [-0.05, 0) is 18.4 Å². The standard InChI is InChI=1S/C18H29N3O/c1-15(2)13-19-18(22)16(3)21-11-9-20(10-12-21)14-17-7-5-4-6-8-17/h4-8,15-16H,9-14H2,1-3H3,(H,19,22)/t16-/m0/s1. The summed E-state index contributed by atoms with van der Waals surface area (Å²) in [5.41, 5.74) is 1.36. The van der Waals surface area contributed by atoms with Gasteiger partial charge in [0.1, 0.15) is 0 Å². The van der Waals surface area contributed by atoms with Crippen molar-refractivity contribution in [2.75, 3.05) is 32.7 Å². The number of carbonyl (C=O) groups excluding carboxylic acids is 1. The molecule has 1 amide bonds. The van der Waals surface area contributed by atoms with E-state index < -0.39 is 0 Å². The van der Waals surface area contributed by atoms with Gasteiger partial charge in [-0.1, -0.05) is 44.2 Å². The second-order valence-electron chi connectivity index (χ2n) is 6.61. The van der Waals surface area contributed by atoms with Crippen LogP contribution in [0.2, 0.25) is 0 Å². The molecule has 0 unspecified atom stereocenters. The van der Waals surface area contributed by atoms with Gasteiger partial charge >= 0.3 is 0 Å². The second-order valence-corrected chi connectivity index (χ2v) is 6.61. The van der Waals surface area contributed by atoms with E-state index in [0.29, 0.717) is 5.92 Å². The molecule has 0 bridgehead atoms. The molecule has 1 aromatic carbocycles. The maximum absolute atomic E-state index is 12.2. The zero-order valence-electron chi connectivity index (χ0n) is 14.1. The van der Waals surface area contributed by atoms with E-state index in [0.717, 1.165) is 39.3 Å².